The van der Waals surface area contributed by atoms with Crippen LogP contribution in [-0.2, 0) is 9.53 Å². The van der Waals surface area contributed by atoms with Gasteiger partial charge in [0.2, 0.25) is 5.16 Å². The molecule has 2 aromatic heterocycles. The number of halogens is 3. The van der Waals surface area contributed by atoms with E-state index in [-0.39, 0.29) is 32.5 Å². The van der Waals surface area contributed by atoms with Crippen molar-refractivity contribution in [1.82, 2.24) is 19.7 Å². The maximum absolute atomic E-state index is 14.2. The van der Waals surface area contributed by atoms with E-state index in [4.69, 9.17) is 37.4 Å². The van der Waals surface area contributed by atoms with E-state index in [0.29, 0.717) is 65.6 Å². The van der Waals surface area contributed by atoms with Crippen molar-refractivity contribution in [2.45, 2.75) is 36.9 Å². The predicted octanol–water partition coefficient (Wildman–Crippen LogP) is 7.12. The second-order valence-corrected chi connectivity index (χ2v) is 14.7. The number of methoxy groups -OCH3 is 1. The molecule has 0 fully saturated rings. The van der Waals surface area contributed by atoms with Gasteiger partial charge in [0, 0.05) is 21.1 Å². The summed E-state index contributed by atoms with van der Waals surface area (Å²) >= 11 is 18.0. The van der Waals surface area contributed by atoms with Crippen LogP contribution in [0.2, 0.25) is 10.0 Å². The summed E-state index contributed by atoms with van der Waals surface area (Å²) in [4.78, 5) is 49.0. The van der Waals surface area contributed by atoms with Gasteiger partial charge in [0.25, 0.3) is 11.2 Å². The number of nitrogens with zero attached hydrogens (tertiary/aromatic N) is 5. The zero-order valence-electron chi connectivity index (χ0n) is 27.7. The Hall–Kier alpha value is -4.48. The smallest absolute Gasteiger partial charge is 0.338 e. The Kier molecular flexibility index (Phi) is 11.2. The lowest BCUT2D eigenvalue weighted by Crippen LogP contribution is -2.40. The number of aromatic nitrogens is 4. The van der Waals surface area contributed by atoms with Gasteiger partial charge in [-0.1, -0.05) is 56.5 Å². The van der Waals surface area contributed by atoms with Crippen LogP contribution in [-0.4, -0.2) is 51.0 Å². The number of H-pyrrole nitrogens is 1. The molecule has 18 heteroatoms. The number of fused-ring (bicyclic) bond motifs is 1. The molecule has 0 saturated heterocycles. The fourth-order valence-electron chi connectivity index (χ4n) is 5.47. The minimum atomic E-state index is -0.945. The highest BCUT2D eigenvalue weighted by molar-refractivity contribution is 9.10. The number of ether oxygens (including phenoxy) is 3. The van der Waals surface area contributed by atoms with Crippen molar-refractivity contribution in [3.8, 4) is 22.9 Å². The van der Waals surface area contributed by atoms with Gasteiger partial charge in [-0.05, 0) is 86.1 Å². The first kappa shape index (κ1) is 37.3. The molecule has 3 heterocycles. The highest BCUT2D eigenvalue weighted by atomic mass is 79.9. The van der Waals surface area contributed by atoms with Crippen LogP contribution in [0.15, 0.2) is 84.1 Å². The molecule has 1 aliphatic heterocycles. The predicted molar refractivity (Wildman–Crippen MR) is 201 cm³/mol. The number of thiazole rings is 1. The van der Waals surface area contributed by atoms with Crippen molar-refractivity contribution in [2.75, 3.05) is 20.3 Å². The van der Waals surface area contributed by atoms with E-state index >= 15 is 0 Å². The van der Waals surface area contributed by atoms with Gasteiger partial charge >= 0.3 is 5.97 Å². The number of hydrogen-bond donors (Lipinski definition) is 1. The second kappa shape index (κ2) is 15.6. The Balaban J connectivity index is 1.42. The highest BCUT2D eigenvalue weighted by Crippen LogP contribution is 2.41. The summed E-state index contributed by atoms with van der Waals surface area (Å²) in [6.07, 6.45) is 1.55. The van der Waals surface area contributed by atoms with Crippen molar-refractivity contribution in [3.05, 3.63) is 115 Å². The number of carbonyl (C=O) groups is 1. The number of nitro groups is 1. The number of nitrogens with one attached hydrogen (secondary N) is 1. The first-order chi connectivity index (χ1) is 24.9. The van der Waals surface area contributed by atoms with Gasteiger partial charge < -0.3 is 14.2 Å². The summed E-state index contributed by atoms with van der Waals surface area (Å²) in [5, 5.41) is 20.3. The minimum absolute atomic E-state index is 0.113. The molecular weight excluding hydrogens is 819 g/mol. The SMILES string of the molecule is CCOC(=O)C1=C(C)N=c2s/c(=C/c3ccc(Sc4n[nH]c(-c5ccc(Cl)cc5Cl)n4)c([N+](=O)[O-])c3)c(=O)n2[C@@H]1c1cc(OCC)c(OC)cc1Br. The third-order valence-corrected chi connectivity index (χ3v) is 10.9. The van der Waals surface area contributed by atoms with Crippen LogP contribution in [0.1, 0.15) is 37.9 Å². The molecule has 13 nitrogen and oxygen atoms in total. The summed E-state index contributed by atoms with van der Waals surface area (Å²) in [5.74, 6) is 0.626. The number of benzene rings is 3. The molecule has 268 valence electrons. The fourth-order valence-corrected chi connectivity index (χ4v) is 8.35. The van der Waals surface area contributed by atoms with Crippen LogP contribution in [0.4, 0.5) is 5.69 Å². The Morgan fingerprint density at radius 3 is 2.63 bits per heavy atom. The molecule has 0 amide bonds. The van der Waals surface area contributed by atoms with Gasteiger partial charge in [-0.25, -0.2) is 14.8 Å². The number of carbonyl (C=O) groups excluding carboxylic acids is 1. The van der Waals surface area contributed by atoms with E-state index in [2.05, 4.69) is 36.1 Å². The van der Waals surface area contributed by atoms with E-state index in [1.165, 1.54) is 17.7 Å². The Morgan fingerprint density at radius 2 is 1.94 bits per heavy atom. The largest absolute Gasteiger partial charge is 0.493 e. The highest BCUT2D eigenvalue weighted by Gasteiger charge is 2.35. The number of rotatable bonds is 11. The van der Waals surface area contributed by atoms with Gasteiger partial charge in [0.15, 0.2) is 22.1 Å². The first-order valence-corrected chi connectivity index (χ1v) is 18.7. The molecule has 6 rings (SSSR count). The molecule has 1 aliphatic rings. The maximum Gasteiger partial charge on any atom is 0.338 e. The van der Waals surface area contributed by atoms with E-state index in [0.717, 1.165) is 23.1 Å². The van der Waals surface area contributed by atoms with Crippen LogP contribution >= 0.6 is 62.2 Å². The van der Waals surface area contributed by atoms with E-state index in [9.17, 15) is 19.7 Å². The lowest BCUT2D eigenvalue weighted by Gasteiger charge is -2.26. The van der Waals surface area contributed by atoms with Crippen LogP contribution in [0, 0.1) is 10.1 Å². The van der Waals surface area contributed by atoms with Crippen molar-refractivity contribution >= 4 is 80.0 Å². The average Bonchev–Trinajstić information content (AvgIpc) is 3.68. The van der Waals surface area contributed by atoms with Crippen molar-refractivity contribution in [1.29, 1.82) is 0 Å². The average molecular weight is 847 g/mol. The van der Waals surface area contributed by atoms with E-state index < -0.39 is 22.5 Å². The number of hydrogen-bond acceptors (Lipinski definition) is 12. The molecule has 3 aromatic carbocycles. The molecule has 0 radical (unpaired) electrons. The third kappa shape index (κ3) is 7.39. The van der Waals surface area contributed by atoms with Crippen LogP contribution in [0.5, 0.6) is 11.5 Å². The summed E-state index contributed by atoms with van der Waals surface area (Å²) in [7, 11) is 1.51. The lowest BCUT2D eigenvalue weighted by molar-refractivity contribution is -0.387. The van der Waals surface area contributed by atoms with Crippen LogP contribution in [0.25, 0.3) is 17.5 Å². The zero-order chi connectivity index (χ0) is 37.3. The number of aromatic amines is 1. The Labute approximate surface area is 322 Å². The normalized spacial score (nSPS) is 14.2. The molecule has 1 N–H and O–H groups in total. The minimum Gasteiger partial charge on any atom is -0.493 e. The lowest BCUT2D eigenvalue weighted by atomic mass is 9.95. The van der Waals surface area contributed by atoms with Crippen molar-refractivity contribution in [3.63, 3.8) is 0 Å². The fraction of sp³-hybridized carbons (Fsp3) is 0.206. The maximum atomic E-state index is 14.2. The molecule has 0 aliphatic carbocycles. The van der Waals surface area contributed by atoms with Gasteiger partial charge in [0.05, 0.1) is 57.0 Å². The van der Waals surface area contributed by atoms with Crippen molar-refractivity contribution in [2.24, 2.45) is 4.99 Å². The van der Waals surface area contributed by atoms with Crippen LogP contribution in [0.3, 0.4) is 0 Å². The quantitative estimate of drug-likeness (QED) is 0.0823. The molecule has 0 spiro atoms. The summed E-state index contributed by atoms with van der Waals surface area (Å²) < 4.78 is 19.0. The van der Waals surface area contributed by atoms with Gasteiger partial charge in [0.1, 0.15) is 0 Å². The topological polar surface area (TPSA) is 164 Å². The molecule has 52 heavy (non-hydrogen) atoms. The van der Waals surface area contributed by atoms with Crippen LogP contribution < -0.4 is 24.4 Å². The Bertz CT molecular complexity index is 2460. The second-order valence-electron chi connectivity index (χ2n) is 10.9. The molecular formula is C34H27BrCl2N6O7S2. The zero-order valence-corrected chi connectivity index (χ0v) is 32.5. The molecule has 0 unspecified atom stereocenters. The molecule has 5 aromatic rings. The number of esters is 1. The number of allylic oxidation sites excluding steroid dienone is 1. The molecule has 0 saturated carbocycles. The molecule has 0 bridgehead atoms. The van der Waals surface area contributed by atoms with Gasteiger partial charge in [-0.2, -0.15) is 0 Å². The first-order valence-electron chi connectivity index (χ1n) is 15.5. The van der Waals surface area contributed by atoms with Gasteiger partial charge in [-0.3, -0.25) is 24.6 Å². The number of nitro benzene ring substituents is 1. The Morgan fingerprint density at radius 1 is 1.15 bits per heavy atom. The third-order valence-electron chi connectivity index (χ3n) is 7.72. The standard InChI is InChI=1S/C34H27BrCl2N6O7S2/c1-5-49-25-14-20(21(35)15-24(25)48-4)29-28(32(45)50-6-2)16(3)38-34-42(29)31(44)27(52-34)12-17-7-10-26(23(11-17)43(46)47)51-33-39-30(40-41-33)19-9-8-18(36)13-22(19)37/h7-15,29H,5-6H2,1-4H3,(H,39,40,41)/b27-12+/t29-/m1/s1. The summed E-state index contributed by atoms with van der Waals surface area (Å²) in [6.45, 7) is 5.66. The summed E-state index contributed by atoms with van der Waals surface area (Å²) in [5.41, 5.74) is 1.39. The summed E-state index contributed by atoms with van der Waals surface area (Å²) in [6, 6.07) is 12.0. The molecule has 1 atom stereocenters. The van der Waals surface area contributed by atoms with E-state index in [1.807, 2.05) is 6.92 Å². The van der Waals surface area contributed by atoms with Gasteiger partial charge in [-0.15, -0.1) is 5.10 Å². The van der Waals surface area contributed by atoms with E-state index in [1.54, 1.807) is 62.4 Å². The monoisotopic (exact) mass is 844 g/mol. The van der Waals surface area contributed by atoms with Crippen molar-refractivity contribution < 1.29 is 23.9 Å².